The maximum atomic E-state index is 13.3. The first-order valence-corrected chi connectivity index (χ1v) is 4.99. The lowest BCUT2D eigenvalue weighted by Crippen LogP contribution is -2.17. The lowest BCUT2D eigenvalue weighted by molar-refractivity contribution is 0.505. The Labute approximate surface area is 87.5 Å². The highest BCUT2D eigenvalue weighted by Crippen LogP contribution is 2.25. The summed E-state index contributed by atoms with van der Waals surface area (Å²) in [5.41, 5.74) is 7.17. The van der Waals surface area contributed by atoms with Crippen LogP contribution in [0.3, 0.4) is 0 Å². The van der Waals surface area contributed by atoms with E-state index in [1.54, 1.807) is 6.07 Å². The summed E-state index contributed by atoms with van der Waals surface area (Å²) in [7, 11) is 0. The van der Waals surface area contributed by atoms with Gasteiger partial charge in [-0.25, -0.2) is 4.39 Å². The van der Waals surface area contributed by atoms with Gasteiger partial charge in [-0.1, -0.05) is 26.0 Å². The van der Waals surface area contributed by atoms with Gasteiger partial charge in [-0.2, -0.15) is 5.10 Å². The number of hydrogen-bond donors (Lipinski definition) is 2. The number of rotatable bonds is 2. The number of nitrogens with zero attached hydrogens (tertiary/aromatic N) is 1. The summed E-state index contributed by atoms with van der Waals surface area (Å²) in [5, 5.41) is 7.54. The van der Waals surface area contributed by atoms with Gasteiger partial charge in [0.25, 0.3) is 0 Å². The van der Waals surface area contributed by atoms with Crippen molar-refractivity contribution >= 4 is 10.9 Å². The standard InChI is InChI=1S/C11H14FN3/c1-6(2)9(13)11-7-4-3-5-8(12)10(7)14-15-11/h3-6,9H,13H2,1-2H3,(H,14,15). The summed E-state index contributed by atoms with van der Waals surface area (Å²) in [6, 6.07) is 4.76. The van der Waals surface area contributed by atoms with Crippen LogP contribution in [0.4, 0.5) is 4.39 Å². The van der Waals surface area contributed by atoms with Crippen molar-refractivity contribution in [2.24, 2.45) is 11.7 Å². The number of nitrogens with two attached hydrogens (primary N) is 1. The van der Waals surface area contributed by atoms with Crippen molar-refractivity contribution in [1.82, 2.24) is 10.2 Å². The van der Waals surface area contributed by atoms with Crippen molar-refractivity contribution in [2.75, 3.05) is 0 Å². The van der Waals surface area contributed by atoms with Crippen molar-refractivity contribution in [2.45, 2.75) is 19.9 Å². The Bertz CT molecular complexity index is 476. The van der Waals surface area contributed by atoms with Gasteiger partial charge in [-0.3, -0.25) is 5.10 Å². The van der Waals surface area contributed by atoms with Crippen LogP contribution in [-0.2, 0) is 0 Å². The van der Waals surface area contributed by atoms with Crippen LogP contribution >= 0.6 is 0 Å². The Morgan fingerprint density at radius 3 is 2.80 bits per heavy atom. The third-order valence-corrected chi connectivity index (χ3v) is 2.62. The molecule has 1 unspecified atom stereocenters. The molecule has 0 aliphatic carbocycles. The summed E-state index contributed by atoms with van der Waals surface area (Å²) in [5.74, 6) is -0.0251. The van der Waals surface area contributed by atoms with Crippen LogP contribution in [0.15, 0.2) is 18.2 Å². The molecule has 0 bridgehead atoms. The second-order valence-electron chi connectivity index (χ2n) is 4.04. The van der Waals surface area contributed by atoms with Crippen molar-refractivity contribution in [3.05, 3.63) is 29.7 Å². The molecule has 0 aliphatic heterocycles. The Kier molecular flexibility index (Phi) is 2.44. The van der Waals surface area contributed by atoms with Crippen LogP contribution < -0.4 is 5.73 Å². The monoisotopic (exact) mass is 207 g/mol. The number of hydrogen-bond acceptors (Lipinski definition) is 2. The van der Waals surface area contributed by atoms with Gasteiger partial charge in [-0.05, 0) is 12.0 Å². The Hall–Kier alpha value is -1.42. The lowest BCUT2D eigenvalue weighted by atomic mass is 9.99. The van der Waals surface area contributed by atoms with Crippen LogP contribution in [0.1, 0.15) is 25.6 Å². The first-order chi connectivity index (χ1) is 7.11. The van der Waals surface area contributed by atoms with Crippen molar-refractivity contribution in [3.8, 4) is 0 Å². The molecule has 0 fully saturated rings. The highest BCUT2D eigenvalue weighted by atomic mass is 19.1. The molecule has 15 heavy (non-hydrogen) atoms. The Balaban J connectivity index is 2.59. The predicted octanol–water partition coefficient (Wildman–Crippen LogP) is 2.36. The number of benzene rings is 1. The first-order valence-electron chi connectivity index (χ1n) is 4.99. The molecule has 0 spiro atoms. The molecule has 0 saturated heterocycles. The van der Waals surface area contributed by atoms with Gasteiger partial charge in [0, 0.05) is 11.4 Å². The van der Waals surface area contributed by atoms with Crippen LogP contribution in [0.25, 0.3) is 10.9 Å². The number of H-pyrrole nitrogens is 1. The molecule has 4 heteroatoms. The minimum Gasteiger partial charge on any atom is -0.322 e. The molecule has 80 valence electrons. The summed E-state index contributed by atoms with van der Waals surface area (Å²) < 4.78 is 13.3. The predicted molar refractivity (Wildman–Crippen MR) is 57.8 cm³/mol. The SMILES string of the molecule is CC(C)C(N)c1[nH]nc2c(F)cccc12. The summed E-state index contributed by atoms with van der Waals surface area (Å²) in [4.78, 5) is 0. The van der Waals surface area contributed by atoms with Gasteiger partial charge in [0.05, 0.1) is 5.69 Å². The molecule has 1 aromatic carbocycles. The normalized spacial score (nSPS) is 13.7. The molecule has 1 aromatic heterocycles. The van der Waals surface area contributed by atoms with E-state index in [1.807, 2.05) is 19.9 Å². The third kappa shape index (κ3) is 1.61. The Morgan fingerprint density at radius 2 is 2.13 bits per heavy atom. The molecular weight excluding hydrogens is 193 g/mol. The third-order valence-electron chi connectivity index (χ3n) is 2.62. The number of para-hydroxylation sites is 1. The lowest BCUT2D eigenvalue weighted by Gasteiger charge is -2.13. The number of nitrogens with one attached hydrogen (secondary N) is 1. The number of aromatic amines is 1. The van der Waals surface area contributed by atoms with E-state index < -0.39 is 0 Å². The second kappa shape index (κ2) is 3.62. The van der Waals surface area contributed by atoms with Gasteiger partial charge >= 0.3 is 0 Å². The highest BCUT2D eigenvalue weighted by Gasteiger charge is 2.17. The van der Waals surface area contributed by atoms with Crippen LogP contribution in [-0.4, -0.2) is 10.2 Å². The highest BCUT2D eigenvalue weighted by molar-refractivity contribution is 5.82. The minimum atomic E-state index is -0.314. The maximum Gasteiger partial charge on any atom is 0.151 e. The van der Waals surface area contributed by atoms with Crippen molar-refractivity contribution in [3.63, 3.8) is 0 Å². The van der Waals surface area contributed by atoms with Gasteiger partial charge < -0.3 is 5.73 Å². The largest absolute Gasteiger partial charge is 0.322 e. The molecule has 2 aromatic rings. The average molecular weight is 207 g/mol. The zero-order valence-corrected chi connectivity index (χ0v) is 8.79. The molecule has 2 rings (SSSR count). The van der Waals surface area contributed by atoms with Crippen molar-refractivity contribution in [1.29, 1.82) is 0 Å². The fourth-order valence-corrected chi connectivity index (χ4v) is 1.61. The molecule has 0 amide bonds. The molecule has 0 saturated carbocycles. The summed E-state index contributed by atoms with van der Waals surface area (Å²) in [6.45, 7) is 4.05. The number of fused-ring (bicyclic) bond motifs is 1. The summed E-state index contributed by atoms with van der Waals surface area (Å²) >= 11 is 0. The topological polar surface area (TPSA) is 54.7 Å². The average Bonchev–Trinajstić information content (AvgIpc) is 2.61. The second-order valence-corrected chi connectivity index (χ2v) is 4.04. The van der Waals surface area contributed by atoms with Gasteiger partial charge in [-0.15, -0.1) is 0 Å². The zero-order valence-electron chi connectivity index (χ0n) is 8.79. The van der Waals surface area contributed by atoms with Gasteiger partial charge in [0.15, 0.2) is 5.82 Å². The molecule has 0 radical (unpaired) electrons. The Morgan fingerprint density at radius 1 is 1.40 bits per heavy atom. The summed E-state index contributed by atoms with van der Waals surface area (Å²) in [6.07, 6.45) is 0. The first kappa shape index (κ1) is 10.1. The molecule has 1 heterocycles. The van der Waals surface area contributed by atoms with E-state index in [2.05, 4.69) is 10.2 Å². The van der Waals surface area contributed by atoms with E-state index in [0.717, 1.165) is 11.1 Å². The van der Waals surface area contributed by atoms with Crippen molar-refractivity contribution < 1.29 is 4.39 Å². The molecule has 3 N–H and O–H groups in total. The zero-order chi connectivity index (χ0) is 11.0. The van der Waals surface area contributed by atoms with Crippen LogP contribution in [0.2, 0.25) is 0 Å². The van der Waals surface area contributed by atoms with Gasteiger partial charge in [0.2, 0.25) is 0 Å². The van der Waals surface area contributed by atoms with E-state index in [1.165, 1.54) is 6.07 Å². The van der Waals surface area contributed by atoms with E-state index in [9.17, 15) is 4.39 Å². The van der Waals surface area contributed by atoms with E-state index in [-0.39, 0.29) is 17.8 Å². The van der Waals surface area contributed by atoms with Crippen LogP contribution in [0.5, 0.6) is 0 Å². The molecule has 0 aliphatic rings. The van der Waals surface area contributed by atoms with E-state index >= 15 is 0 Å². The maximum absolute atomic E-state index is 13.3. The molecular formula is C11H14FN3. The number of aromatic nitrogens is 2. The van der Waals surface area contributed by atoms with E-state index in [4.69, 9.17) is 5.73 Å². The smallest absolute Gasteiger partial charge is 0.151 e. The van der Waals surface area contributed by atoms with Crippen LogP contribution in [0, 0.1) is 11.7 Å². The molecule has 1 atom stereocenters. The minimum absolute atomic E-state index is 0.142. The quantitative estimate of drug-likeness (QED) is 0.794. The fourth-order valence-electron chi connectivity index (χ4n) is 1.61. The fraction of sp³-hybridized carbons (Fsp3) is 0.364. The van der Waals surface area contributed by atoms with Gasteiger partial charge in [0.1, 0.15) is 5.52 Å². The number of halogens is 1. The molecule has 3 nitrogen and oxygen atoms in total. The van der Waals surface area contributed by atoms with E-state index in [0.29, 0.717) is 5.52 Å².